The Morgan fingerprint density at radius 1 is 1.11 bits per heavy atom. The largest absolute Gasteiger partial charge is 0.481 e. The van der Waals surface area contributed by atoms with E-state index < -0.39 is 36.2 Å². The molecule has 0 radical (unpaired) electrons. The first-order chi connectivity index (χ1) is 17.0. The third kappa shape index (κ3) is 6.24. The minimum atomic E-state index is -1.20. The number of aliphatic carboxylic acids is 1. The Bertz CT molecular complexity index is 1310. The fourth-order valence-electron chi connectivity index (χ4n) is 4.40. The topological polar surface area (TPSA) is 101 Å². The van der Waals surface area contributed by atoms with E-state index >= 15 is 4.39 Å². The molecule has 7 nitrogen and oxygen atoms in total. The SMILES string of the molecule is Cc1ccn([C@H](CC(C)C)C(=O)N[C@H](CC(=O)O)c2cc(-c3c(C)cccc3C)ncc2F)c(=O)c1. The molecule has 0 aliphatic carbocycles. The second-order valence-electron chi connectivity index (χ2n) is 9.61. The van der Waals surface area contributed by atoms with Gasteiger partial charge in [0.15, 0.2) is 0 Å². The molecular formula is C28H32FN3O4. The van der Waals surface area contributed by atoms with Crippen LogP contribution in [0, 0.1) is 32.5 Å². The summed E-state index contributed by atoms with van der Waals surface area (Å²) in [5.41, 5.74) is 3.64. The van der Waals surface area contributed by atoms with Gasteiger partial charge < -0.3 is 15.0 Å². The number of rotatable bonds is 9. The van der Waals surface area contributed by atoms with Gasteiger partial charge in [-0.3, -0.25) is 19.4 Å². The molecule has 3 aromatic rings. The zero-order chi connectivity index (χ0) is 26.6. The van der Waals surface area contributed by atoms with Crippen molar-refractivity contribution in [2.75, 3.05) is 0 Å². The van der Waals surface area contributed by atoms with E-state index in [9.17, 15) is 19.5 Å². The molecule has 1 aromatic carbocycles. The van der Waals surface area contributed by atoms with Crippen LogP contribution < -0.4 is 10.9 Å². The molecule has 2 heterocycles. The van der Waals surface area contributed by atoms with Crippen molar-refractivity contribution in [1.29, 1.82) is 0 Å². The van der Waals surface area contributed by atoms with Crippen LogP contribution in [0.4, 0.5) is 4.39 Å². The van der Waals surface area contributed by atoms with Gasteiger partial charge in [-0.2, -0.15) is 0 Å². The average molecular weight is 494 g/mol. The molecule has 190 valence electrons. The molecule has 3 rings (SSSR count). The maximum atomic E-state index is 15.0. The number of hydrogen-bond donors (Lipinski definition) is 2. The van der Waals surface area contributed by atoms with E-state index in [0.29, 0.717) is 12.1 Å². The van der Waals surface area contributed by atoms with Crippen LogP contribution in [-0.2, 0) is 9.59 Å². The molecule has 0 unspecified atom stereocenters. The van der Waals surface area contributed by atoms with Crippen LogP contribution in [0.5, 0.6) is 0 Å². The van der Waals surface area contributed by atoms with Crippen molar-refractivity contribution in [1.82, 2.24) is 14.9 Å². The molecule has 1 amide bonds. The molecule has 2 atom stereocenters. The third-order valence-electron chi connectivity index (χ3n) is 6.13. The summed E-state index contributed by atoms with van der Waals surface area (Å²) in [7, 11) is 0. The number of amides is 1. The van der Waals surface area contributed by atoms with Crippen LogP contribution in [-0.4, -0.2) is 26.5 Å². The van der Waals surface area contributed by atoms with Crippen molar-refractivity contribution in [2.24, 2.45) is 5.92 Å². The van der Waals surface area contributed by atoms with Gasteiger partial charge in [-0.25, -0.2) is 4.39 Å². The molecule has 0 aliphatic rings. The van der Waals surface area contributed by atoms with E-state index in [1.165, 1.54) is 16.7 Å². The Labute approximate surface area is 210 Å². The van der Waals surface area contributed by atoms with Crippen molar-refractivity contribution in [2.45, 2.75) is 59.5 Å². The normalized spacial score (nSPS) is 12.9. The summed E-state index contributed by atoms with van der Waals surface area (Å²) < 4.78 is 16.4. The zero-order valence-corrected chi connectivity index (χ0v) is 21.2. The summed E-state index contributed by atoms with van der Waals surface area (Å²) in [5.74, 6) is -2.39. The molecule has 0 saturated carbocycles. The quantitative estimate of drug-likeness (QED) is 0.442. The van der Waals surface area contributed by atoms with E-state index in [2.05, 4.69) is 10.3 Å². The van der Waals surface area contributed by atoms with E-state index in [4.69, 9.17) is 0 Å². The summed E-state index contributed by atoms with van der Waals surface area (Å²) in [4.78, 5) is 42.0. The van der Waals surface area contributed by atoms with E-state index in [1.54, 1.807) is 19.2 Å². The maximum Gasteiger partial charge on any atom is 0.305 e. The molecule has 0 fully saturated rings. The first-order valence-corrected chi connectivity index (χ1v) is 11.9. The number of benzene rings is 1. The van der Waals surface area contributed by atoms with Crippen molar-refractivity contribution in [3.05, 3.63) is 87.2 Å². The minimum Gasteiger partial charge on any atom is -0.481 e. The second kappa shape index (κ2) is 11.3. The molecule has 0 bridgehead atoms. The lowest BCUT2D eigenvalue weighted by molar-refractivity contribution is -0.138. The molecule has 8 heteroatoms. The number of aryl methyl sites for hydroxylation is 3. The summed E-state index contributed by atoms with van der Waals surface area (Å²) in [5, 5.41) is 12.3. The Morgan fingerprint density at radius 2 is 1.78 bits per heavy atom. The summed E-state index contributed by atoms with van der Waals surface area (Å²) in [6.45, 7) is 9.46. The lowest BCUT2D eigenvalue weighted by Gasteiger charge is -2.25. The van der Waals surface area contributed by atoms with Crippen LogP contribution in [0.2, 0.25) is 0 Å². The number of pyridine rings is 2. The number of halogens is 1. The van der Waals surface area contributed by atoms with Gasteiger partial charge in [0.2, 0.25) is 5.91 Å². The van der Waals surface area contributed by atoms with Crippen molar-refractivity contribution < 1.29 is 19.1 Å². The second-order valence-corrected chi connectivity index (χ2v) is 9.61. The Kier molecular flexibility index (Phi) is 8.40. The number of hydrogen-bond acceptors (Lipinski definition) is 4. The monoisotopic (exact) mass is 493 g/mol. The van der Waals surface area contributed by atoms with Crippen LogP contribution >= 0.6 is 0 Å². The molecular weight excluding hydrogens is 461 g/mol. The minimum absolute atomic E-state index is 0.0259. The predicted molar refractivity (Wildman–Crippen MR) is 136 cm³/mol. The van der Waals surface area contributed by atoms with Crippen LogP contribution in [0.1, 0.15) is 61.0 Å². The molecule has 0 aliphatic heterocycles. The smallest absolute Gasteiger partial charge is 0.305 e. The van der Waals surface area contributed by atoms with Gasteiger partial charge in [-0.1, -0.05) is 32.0 Å². The number of carboxylic acid groups (broad SMARTS) is 1. The molecule has 0 spiro atoms. The molecule has 2 N–H and O–H groups in total. The fourth-order valence-corrected chi connectivity index (χ4v) is 4.40. The first kappa shape index (κ1) is 26.8. The van der Waals surface area contributed by atoms with Gasteiger partial charge in [0.05, 0.1) is 24.4 Å². The van der Waals surface area contributed by atoms with Gasteiger partial charge in [0, 0.05) is 23.4 Å². The number of nitrogens with one attached hydrogen (secondary N) is 1. The lowest BCUT2D eigenvalue weighted by atomic mass is 9.95. The Morgan fingerprint density at radius 3 is 2.36 bits per heavy atom. The third-order valence-corrected chi connectivity index (χ3v) is 6.13. The van der Waals surface area contributed by atoms with E-state index in [-0.39, 0.29) is 17.0 Å². The summed E-state index contributed by atoms with van der Waals surface area (Å²) in [6, 6.07) is 8.38. The summed E-state index contributed by atoms with van der Waals surface area (Å²) >= 11 is 0. The molecule has 36 heavy (non-hydrogen) atoms. The lowest BCUT2D eigenvalue weighted by Crippen LogP contribution is -2.40. The van der Waals surface area contributed by atoms with Crippen molar-refractivity contribution in [3.63, 3.8) is 0 Å². The van der Waals surface area contributed by atoms with Crippen LogP contribution in [0.15, 0.2) is 53.6 Å². The Balaban J connectivity index is 2.04. The average Bonchev–Trinajstić information content (AvgIpc) is 2.78. The highest BCUT2D eigenvalue weighted by molar-refractivity contribution is 5.82. The molecule has 2 aromatic heterocycles. The van der Waals surface area contributed by atoms with Gasteiger partial charge >= 0.3 is 5.97 Å². The summed E-state index contributed by atoms with van der Waals surface area (Å²) in [6.07, 6.45) is 2.42. The highest BCUT2D eigenvalue weighted by Crippen LogP contribution is 2.30. The number of nitrogens with zero attached hydrogens (tertiary/aromatic N) is 2. The fraction of sp³-hybridized carbons (Fsp3) is 0.357. The van der Waals surface area contributed by atoms with Crippen molar-refractivity contribution >= 4 is 11.9 Å². The number of carboxylic acids is 1. The highest BCUT2D eigenvalue weighted by Gasteiger charge is 2.28. The van der Waals surface area contributed by atoms with E-state index in [1.807, 2.05) is 45.9 Å². The number of aromatic nitrogens is 2. The van der Waals surface area contributed by atoms with Crippen LogP contribution in [0.3, 0.4) is 0 Å². The number of carbonyl (C=O) groups is 2. The van der Waals surface area contributed by atoms with E-state index in [0.717, 1.165) is 28.5 Å². The Hall–Kier alpha value is -3.81. The van der Waals surface area contributed by atoms with Gasteiger partial charge in [-0.05, 0) is 61.9 Å². The highest BCUT2D eigenvalue weighted by atomic mass is 19.1. The predicted octanol–water partition coefficient (Wildman–Crippen LogP) is 4.89. The van der Waals surface area contributed by atoms with Gasteiger partial charge in [0.1, 0.15) is 11.9 Å². The standard InChI is InChI=1S/C28H32FN3O4/c1-16(2)11-24(32-10-9-17(3)12-25(32)33)28(36)31-22(14-26(34)35)20-13-23(30-15-21(20)29)27-18(4)7-6-8-19(27)5/h6-10,12-13,15-16,22,24H,11,14H2,1-5H3,(H,31,36)(H,34,35)/t22-,24-/m1/s1. The molecule has 0 saturated heterocycles. The number of carbonyl (C=O) groups excluding carboxylic acids is 1. The van der Waals surface area contributed by atoms with Gasteiger partial charge in [-0.15, -0.1) is 0 Å². The van der Waals surface area contributed by atoms with Crippen LogP contribution in [0.25, 0.3) is 11.3 Å². The zero-order valence-electron chi connectivity index (χ0n) is 21.2. The first-order valence-electron chi connectivity index (χ1n) is 11.9. The van der Waals surface area contributed by atoms with Crippen molar-refractivity contribution in [3.8, 4) is 11.3 Å². The van der Waals surface area contributed by atoms with Gasteiger partial charge in [0.25, 0.3) is 5.56 Å². The maximum absolute atomic E-state index is 15.0.